The SMILES string of the molecule is Cc1cc2c3c(coc3c1)[C@@H](O)[C@@H](O)[C@H]2C(C)C. The molecule has 18 heavy (non-hydrogen) atoms. The number of hydrogen-bond acceptors (Lipinski definition) is 3. The molecule has 1 aliphatic carbocycles. The molecule has 1 aliphatic rings. The van der Waals surface area contributed by atoms with Crippen LogP contribution in [0.25, 0.3) is 11.0 Å². The van der Waals surface area contributed by atoms with Crippen LogP contribution in [0.4, 0.5) is 0 Å². The van der Waals surface area contributed by atoms with Crippen LogP contribution in [0.2, 0.25) is 0 Å². The average Bonchev–Trinajstić information content (AvgIpc) is 2.69. The van der Waals surface area contributed by atoms with E-state index in [1.54, 1.807) is 6.26 Å². The number of aliphatic hydroxyl groups excluding tert-OH is 2. The minimum Gasteiger partial charge on any atom is -0.464 e. The lowest BCUT2D eigenvalue weighted by molar-refractivity contribution is -0.0110. The van der Waals surface area contributed by atoms with Crippen LogP contribution < -0.4 is 0 Å². The summed E-state index contributed by atoms with van der Waals surface area (Å²) in [5.41, 5.74) is 3.73. The van der Waals surface area contributed by atoms with E-state index in [1.165, 1.54) is 0 Å². The number of rotatable bonds is 1. The van der Waals surface area contributed by atoms with Crippen molar-refractivity contribution in [2.45, 2.75) is 38.9 Å². The molecular formula is C15H18O3. The Hall–Kier alpha value is -1.32. The van der Waals surface area contributed by atoms with E-state index < -0.39 is 12.2 Å². The Morgan fingerprint density at radius 1 is 1.17 bits per heavy atom. The zero-order valence-electron chi connectivity index (χ0n) is 10.8. The highest BCUT2D eigenvalue weighted by Crippen LogP contribution is 2.46. The normalized spacial score (nSPS) is 27.1. The fourth-order valence-corrected chi connectivity index (χ4v) is 3.17. The van der Waals surface area contributed by atoms with Crippen LogP contribution in [0.5, 0.6) is 0 Å². The van der Waals surface area contributed by atoms with Crippen LogP contribution in [-0.2, 0) is 0 Å². The Morgan fingerprint density at radius 3 is 2.56 bits per heavy atom. The molecule has 0 radical (unpaired) electrons. The van der Waals surface area contributed by atoms with Crippen molar-refractivity contribution in [3.05, 3.63) is 35.1 Å². The van der Waals surface area contributed by atoms with Crippen molar-refractivity contribution in [2.24, 2.45) is 5.92 Å². The van der Waals surface area contributed by atoms with Crippen molar-refractivity contribution in [2.75, 3.05) is 0 Å². The van der Waals surface area contributed by atoms with Crippen LogP contribution in [-0.4, -0.2) is 16.3 Å². The molecule has 3 nitrogen and oxygen atoms in total. The molecule has 1 aromatic carbocycles. The number of benzene rings is 1. The van der Waals surface area contributed by atoms with E-state index in [2.05, 4.69) is 19.9 Å². The zero-order chi connectivity index (χ0) is 13.0. The van der Waals surface area contributed by atoms with Gasteiger partial charge >= 0.3 is 0 Å². The summed E-state index contributed by atoms with van der Waals surface area (Å²) < 4.78 is 5.52. The third kappa shape index (κ3) is 1.44. The summed E-state index contributed by atoms with van der Waals surface area (Å²) in [5, 5.41) is 21.5. The maximum absolute atomic E-state index is 10.3. The molecule has 0 amide bonds. The van der Waals surface area contributed by atoms with E-state index in [1.807, 2.05) is 13.0 Å². The van der Waals surface area contributed by atoms with Gasteiger partial charge in [-0.1, -0.05) is 19.9 Å². The number of furan rings is 1. The molecule has 96 valence electrons. The van der Waals surface area contributed by atoms with Crippen molar-refractivity contribution < 1.29 is 14.6 Å². The summed E-state index contributed by atoms with van der Waals surface area (Å²) in [4.78, 5) is 0. The van der Waals surface area contributed by atoms with Crippen molar-refractivity contribution >= 4 is 11.0 Å². The molecule has 0 saturated carbocycles. The van der Waals surface area contributed by atoms with Crippen LogP contribution in [0.1, 0.15) is 42.6 Å². The molecule has 3 rings (SSSR count). The first-order chi connectivity index (χ1) is 8.50. The minimum atomic E-state index is -0.853. The molecule has 1 heterocycles. The quantitative estimate of drug-likeness (QED) is 0.813. The summed E-state index contributed by atoms with van der Waals surface area (Å²) >= 11 is 0. The van der Waals surface area contributed by atoms with Gasteiger partial charge in [-0.3, -0.25) is 0 Å². The van der Waals surface area contributed by atoms with E-state index in [-0.39, 0.29) is 11.8 Å². The Labute approximate surface area is 106 Å². The Morgan fingerprint density at radius 2 is 1.89 bits per heavy atom. The second kappa shape index (κ2) is 3.84. The molecule has 3 atom stereocenters. The van der Waals surface area contributed by atoms with E-state index in [0.29, 0.717) is 5.56 Å². The number of hydrogen-bond donors (Lipinski definition) is 2. The topological polar surface area (TPSA) is 53.6 Å². The first-order valence-electron chi connectivity index (χ1n) is 6.38. The fraction of sp³-hybridized carbons (Fsp3) is 0.467. The first kappa shape index (κ1) is 11.8. The fourth-order valence-electron chi connectivity index (χ4n) is 3.17. The highest BCUT2D eigenvalue weighted by Gasteiger charge is 2.39. The molecule has 2 N–H and O–H groups in total. The molecule has 0 fully saturated rings. The van der Waals surface area contributed by atoms with Crippen molar-refractivity contribution in [3.63, 3.8) is 0 Å². The number of aryl methyl sites for hydroxylation is 1. The summed E-state index contributed by atoms with van der Waals surface area (Å²) in [6.07, 6.45) is -0.0492. The smallest absolute Gasteiger partial charge is 0.134 e. The van der Waals surface area contributed by atoms with Gasteiger partial charge in [-0.2, -0.15) is 0 Å². The van der Waals surface area contributed by atoms with Gasteiger partial charge in [0.2, 0.25) is 0 Å². The van der Waals surface area contributed by atoms with Gasteiger partial charge in [0, 0.05) is 16.9 Å². The molecule has 2 aromatic rings. The molecule has 0 bridgehead atoms. The maximum atomic E-state index is 10.3. The molecule has 0 spiro atoms. The predicted octanol–water partition coefficient (Wildman–Crippen LogP) is 2.89. The lowest BCUT2D eigenvalue weighted by Crippen LogP contribution is -2.32. The molecule has 3 heteroatoms. The molecule has 0 aliphatic heterocycles. The van der Waals surface area contributed by atoms with E-state index in [0.717, 1.165) is 22.1 Å². The van der Waals surface area contributed by atoms with Crippen LogP contribution in [0, 0.1) is 12.8 Å². The highest BCUT2D eigenvalue weighted by atomic mass is 16.3. The third-order valence-corrected chi connectivity index (χ3v) is 3.97. The maximum Gasteiger partial charge on any atom is 0.134 e. The highest BCUT2D eigenvalue weighted by molar-refractivity contribution is 5.87. The van der Waals surface area contributed by atoms with E-state index >= 15 is 0 Å². The van der Waals surface area contributed by atoms with Gasteiger partial charge < -0.3 is 14.6 Å². The van der Waals surface area contributed by atoms with Crippen LogP contribution >= 0.6 is 0 Å². The molecule has 0 unspecified atom stereocenters. The molecule has 1 aromatic heterocycles. The first-order valence-corrected chi connectivity index (χ1v) is 6.38. The van der Waals surface area contributed by atoms with Gasteiger partial charge in [0.05, 0.1) is 12.4 Å². The monoisotopic (exact) mass is 246 g/mol. The molecule has 0 saturated heterocycles. The van der Waals surface area contributed by atoms with Gasteiger partial charge in [0.1, 0.15) is 11.7 Å². The third-order valence-electron chi connectivity index (χ3n) is 3.97. The van der Waals surface area contributed by atoms with Crippen LogP contribution in [0.3, 0.4) is 0 Å². The molecular weight excluding hydrogens is 228 g/mol. The average molecular weight is 246 g/mol. The van der Waals surface area contributed by atoms with Gasteiger partial charge in [-0.25, -0.2) is 0 Å². The van der Waals surface area contributed by atoms with Crippen molar-refractivity contribution in [1.29, 1.82) is 0 Å². The van der Waals surface area contributed by atoms with Crippen molar-refractivity contribution in [3.8, 4) is 0 Å². The standard InChI is InChI=1S/C15H18O3/c1-7(2)12-9-4-8(3)5-11-13(9)10(6-18-11)14(16)15(12)17/h4-7,12,14-17H,1-3H3/t12-,14+,15-/m0/s1. The lowest BCUT2D eigenvalue weighted by Gasteiger charge is -2.34. The van der Waals surface area contributed by atoms with Gasteiger partial charge in [0.25, 0.3) is 0 Å². The zero-order valence-corrected chi connectivity index (χ0v) is 10.8. The van der Waals surface area contributed by atoms with Gasteiger partial charge in [-0.05, 0) is 30.0 Å². The Balaban J connectivity index is 2.35. The predicted molar refractivity (Wildman–Crippen MR) is 69.5 cm³/mol. The van der Waals surface area contributed by atoms with Gasteiger partial charge in [-0.15, -0.1) is 0 Å². The Bertz CT molecular complexity index is 597. The van der Waals surface area contributed by atoms with Crippen molar-refractivity contribution in [1.82, 2.24) is 0 Å². The van der Waals surface area contributed by atoms with E-state index in [4.69, 9.17) is 4.42 Å². The summed E-state index contributed by atoms with van der Waals surface area (Å²) in [6, 6.07) is 4.07. The van der Waals surface area contributed by atoms with E-state index in [9.17, 15) is 10.2 Å². The van der Waals surface area contributed by atoms with Crippen LogP contribution in [0.15, 0.2) is 22.8 Å². The largest absolute Gasteiger partial charge is 0.464 e. The van der Waals surface area contributed by atoms with Gasteiger partial charge in [0.15, 0.2) is 0 Å². The number of aliphatic hydroxyl groups is 2. The lowest BCUT2D eigenvalue weighted by atomic mass is 9.74. The second-order valence-corrected chi connectivity index (χ2v) is 5.62. The minimum absolute atomic E-state index is 0.0486. The second-order valence-electron chi connectivity index (χ2n) is 5.62. The summed E-state index contributed by atoms with van der Waals surface area (Å²) in [5.74, 6) is 0.218. The summed E-state index contributed by atoms with van der Waals surface area (Å²) in [6.45, 7) is 6.16. The Kier molecular flexibility index (Phi) is 2.50. The summed E-state index contributed by atoms with van der Waals surface area (Å²) in [7, 11) is 0.